The molecule has 0 aromatic carbocycles. The van der Waals surface area contributed by atoms with Gasteiger partial charge in [0.05, 0.1) is 18.6 Å². The van der Waals surface area contributed by atoms with Crippen LogP contribution in [0.1, 0.15) is 15.4 Å². The molecule has 2 aromatic heterocycles. The lowest BCUT2D eigenvalue weighted by atomic mass is 10.4. The minimum Gasteiger partial charge on any atom is -0.477 e. The zero-order valence-electron chi connectivity index (χ0n) is 8.47. The van der Waals surface area contributed by atoms with Crippen molar-refractivity contribution >= 4 is 17.3 Å². The van der Waals surface area contributed by atoms with Gasteiger partial charge in [-0.05, 0) is 12.1 Å². The molecule has 1 N–H and O–H groups in total. The number of hydrogen-bond acceptors (Lipinski definition) is 5. The Morgan fingerprint density at radius 3 is 3.06 bits per heavy atom. The van der Waals surface area contributed by atoms with Gasteiger partial charge in [-0.15, -0.1) is 11.3 Å². The lowest BCUT2D eigenvalue weighted by molar-refractivity contribution is 0.0697. The van der Waals surface area contributed by atoms with Gasteiger partial charge >= 0.3 is 5.97 Å². The van der Waals surface area contributed by atoms with Crippen molar-refractivity contribution in [2.75, 3.05) is 7.11 Å². The molecule has 2 heterocycles. The summed E-state index contributed by atoms with van der Waals surface area (Å²) < 4.78 is 10.1. The number of thiazole rings is 1. The van der Waals surface area contributed by atoms with Gasteiger partial charge in [0.1, 0.15) is 4.88 Å². The Bertz CT molecular complexity index is 489. The number of ether oxygens (including phenoxy) is 1. The van der Waals surface area contributed by atoms with Gasteiger partial charge < -0.3 is 14.3 Å². The highest BCUT2D eigenvalue weighted by atomic mass is 32.1. The van der Waals surface area contributed by atoms with Crippen LogP contribution in [0.15, 0.2) is 22.8 Å². The first-order valence-corrected chi connectivity index (χ1v) is 5.30. The van der Waals surface area contributed by atoms with Gasteiger partial charge in [0.2, 0.25) is 0 Å². The van der Waals surface area contributed by atoms with E-state index in [1.165, 1.54) is 13.4 Å². The molecular formula is C10H9NO4S. The first kappa shape index (κ1) is 10.8. The zero-order chi connectivity index (χ0) is 11.5. The van der Waals surface area contributed by atoms with Gasteiger partial charge in [-0.3, -0.25) is 0 Å². The molecule has 0 unspecified atom stereocenters. The fraction of sp³-hybridized carbons (Fsp3) is 0.200. The van der Waals surface area contributed by atoms with E-state index in [-0.39, 0.29) is 11.5 Å². The van der Waals surface area contributed by atoms with E-state index in [0.717, 1.165) is 11.3 Å². The van der Waals surface area contributed by atoms with Crippen molar-refractivity contribution in [3.05, 3.63) is 29.0 Å². The number of aromatic nitrogens is 1. The summed E-state index contributed by atoms with van der Waals surface area (Å²) in [6.07, 6.45) is 1.52. The minimum absolute atomic E-state index is 0.179. The van der Waals surface area contributed by atoms with Gasteiger partial charge in [-0.2, -0.15) is 0 Å². The van der Waals surface area contributed by atoms with Crippen LogP contribution >= 0.6 is 11.3 Å². The second kappa shape index (κ2) is 4.46. The third-order valence-electron chi connectivity index (χ3n) is 1.90. The van der Waals surface area contributed by atoms with Crippen LogP contribution in [-0.2, 0) is 11.3 Å². The first-order chi connectivity index (χ1) is 7.72. The zero-order valence-corrected chi connectivity index (χ0v) is 9.28. The van der Waals surface area contributed by atoms with E-state index >= 15 is 0 Å². The summed E-state index contributed by atoms with van der Waals surface area (Å²) in [6.45, 7) is 0.179. The summed E-state index contributed by atoms with van der Waals surface area (Å²) in [6, 6.07) is 3.47. The SMILES string of the molecule is COCc1nc(-c2ccco2)sc1C(=O)O. The van der Waals surface area contributed by atoms with Crippen molar-refractivity contribution in [1.82, 2.24) is 4.98 Å². The summed E-state index contributed by atoms with van der Waals surface area (Å²) in [5.41, 5.74) is 0.423. The van der Waals surface area contributed by atoms with E-state index in [1.54, 1.807) is 12.1 Å². The second-order valence-electron chi connectivity index (χ2n) is 3.01. The van der Waals surface area contributed by atoms with Crippen LogP contribution in [0.2, 0.25) is 0 Å². The normalized spacial score (nSPS) is 10.6. The number of furan rings is 1. The Hall–Kier alpha value is -1.66. The van der Waals surface area contributed by atoms with E-state index in [1.807, 2.05) is 0 Å². The van der Waals surface area contributed by atoms with E-state index in [2.05, 4.69) is 4.98 Å². The molecule has 0 fully saturated rings. The highest BCUT2D eigenvalue weighted by Gasteiger charge is 2.18. The summed E-state index contributed by atoms with van der Waals surface area (Å²) in [5.74, 6) is -0.433. The average Bonchev–Trinajstić information content (AvgIpc) is 2.83. The number of carboxylic acid groups (broad SMARTS) is 1. The molecule has 0 radical (unpaired) electrons. The van der Waals surface area contributed by atoms with Gasteiger partial charge in [0.25, 0.3) is 0 Å². The Balaban J connectivity index is 2.42. The number of nitrogens with zero attached hydrogens (tertiary/aromatic N) is 1. The van der Waals surface area contributed by atoms with Gasteiger partial charge in [0, 0.05) is 7.11 Å². The molecule has 6 heteroatoms. The second-order valence-corrected chi connectivity index (χ2v) is 4.01. The van der Waals surface area contributed by atoms with Crippen LogP contribution < -0.4 is 0 Å². The number of carboxylic acids is 1. The molecule has 0 aliphatic carbocycles. The van der Waals surface area contributed by atoms with Crippen molar-refractivity contribution in [2.45, 2.75) is 6.61 Å². The highest BCUT2D eigenvalue weighted by Crippen LogP contribution is 2.28. The smallest absolute Gasteiger partial charge is 0.347 e. The highest BCUT2D eigenvalue weighted by molar-refractivity contribution is 7.16. The quantitative estimate of drug-likeness (QED) is 0.885. The largest absolute Gasteiger partial charge is 0.477 e. The monoisotopic (exact) mass is 239 g/mol. The molecule has 0 saturated carbocycles. The summed E-state index contributed by atoms with van der Waals surface area (Å²) in [7, 11) is 1.50. The molecule has 0 atom stereocenters. The van der Waals surface area contributed by atoms with E-state index in [0.29, 0.717) is 16.5 Å². The third kappa shape index (κ3) is 1.98. The van der Waals surface area contributed by atoms with E-state index in [9.17, 15) is 4.79 Å². The first-order valence-electron chi connectivity index (χ1n) is 4.48. The fourth-order valence-corrected chi connectivity index (χ4v) is 2.13. The molecular weight excluding hydrogens is 230 g/mol. The Morgan fingerprint density at radius 2 is 2.50 bits per heavy atom. The maximum atomic E-state index is 11.0. The van der Waals surface area contributed by atoms with Crippen molar-refractivity contribution in [1.29, 1.82) is 0 Å². The van der Waals surface area contributed by atoms with Gasteiger partial charge in [-0.25, -0.2) is 9.78 Å². The molecule has 0 aliphatic rings. The molecule has 0 aliphatic heterocycles. The van der Waals surface area contributed by atoms with Crippen LogP contribution in [0.4, 0.5) is 0 Å². The van der Waals surface area contributed by atoms with Crippen molar-refractivity contribution < 1.29 is 19.1 Å². The molecule has 0 amide bonds. The Labute approximate surface area is 95.3 Å². The minimum atomic E-state index is -0.998. The molecule has 84 valence electrons. The summed E-state index contributed by atoms with van der Waals surface area (Å²) >= 11 is 1.08. The molecule has 5 nitrogen and oxygen atoms in total. The average molecular weight is 239 g/mol. The standard InChI is InChI=1S/C10H9NO4S/c1-14-5-6-8(10(12)13)16-9(11-6)7-3-2-4-15-7/h2-4H,5H2,1H3,(H,12,13). The molecule has 0 spiro atoms. The van der Waals surface area contributed by atoms with Gasteiger partial charge in [0.15, 0.2) is 10.8 Å². The molecule has 2 aromatic rings. The Kier molecular flexibility index (Phi) is 3.02. The number of rotatable bonds is 4. The van der Waals surface area contributed by atoms with Crippen LogP contribution in [0.3, 0.4) is 0 Å². The third-order valence-corrected chi connectivity index (χ3v) is 3.00. The number of aromatic carboxylic acids is 1. The molecule has 2 rings (SSSR count). The van der Waals surface area contributed by atoms with Crippen LogP contribution in [0.25, 0.3) is 10.8 Å². The molecule has 0 saturated heterocycles. The van der Waals surface area contributed by atoms with E-state index < -0.39 is 5.97 Å². The van der Waals surface area contributed by atoms with Crippen molar-refractivity contribution in [3.8, 4) is 10.8 Å². The predicted octanol–water partition coefficient (Wildman–Crippen LogP) is 2.25. The van der Waals surface area contributed by atoms with Crippen LogP contribution in [-0.4, -0.2) is 23.2 Å². The maximum Gasteiger partial charge on any atom is 0.347 e. The number of methoxy groups -OCH3 is 1. The van der Waals surface area contributed by atoms with Crippen molar-refractivity contribution in [3.63, 3.8) is 0 Å². The van der Waals surface area contributed by atoms with Crippen molar-refractivity contribution in [2.24, 2.45) is 0 Å². The maximum absolute atomic E-state index is 11.0. The summed E-state index contributed by atoms with van der Waals surface area (Å²) in [4.78, 5) is 15.3. The van der Waals surface area contributed by atoms with Crippen LogP contribution in [0.5, 0.6) is 0 Å². The van der Waals surface area contributed by atoms with Crippen LogP contribution in [0, 0.1) is 0 Å². The lowest BCUT2D eigenvalue weighted by Crippen LogP contribution is -1.99. The number of hydrogen-bond donors (Lipinski definition) is 1. The molecule has 16 heavy (non-hydrogen) atoms. The Morgan fingerprint density at radius 1 is 1.69 bits per heavy atom. The number of carbonyl (C=O) groups is 1. The van der Waals surface area contributed by atoms with E-state index in [4.69, 9.17) is 14.3 Å². The predicted molar refractivity (Wildman–Crippen MR) is 57.5 cm³/mol. The fourth-order valence-electron chi connectivity index (χ4n) is 1.26. The summed E-state index contributed by atoms with van der Waals surface area (Å²) in [5, 5.41) is 9.54. The topological polar surface area (TPSA) is 72.6 Å². The lowest BCUT2D eigenvalue weighted by Gasteiger charge is -1.94. The molecule has 0 bridgehead atoms. The van der Waals surface area contributed by atoms with Gasteiger partial charge in [-0.1, -0.05) is 0 Å².